The molecule has 0 fully saturated rings. The SMILES string of the molecule is CN1C(=O)C[C@@](C)(c2cc(-c3ccsc3)cs2)N=C1N.CN1C(=O)C[C@@](C)(c2cccc(-c3cc(C#N)ccc3F)c2)N=C1N.CN1C(=O)C[C@@](C)(c2cccc(-c3ccc(F)c(C#N)c3)c2)N=C1N.CN1C(=O)C[C@]2(CCc3ccc(-c4cccnc4)cc32)N=C1N. The molecule has 0 radical (unpaired) electrons. The third-order valence-corrected chi connectivity index (χ3v) is 19.3. The number of aryl methyl sites for hydroxylation is 1. The van der Waals surface area contributed by atoms with Crippen molar-refractivity contribution >= 4 is 70.1 Å². The van der Waals surface area contributed by atoms with Crippen LogP contribution < -0.4 is 22.9 Å². The number of aliphatic imine (C=N–C) groups is 4. The lowest BCUT2D eigenvalue weighted by Crippen LogP contribution is -2.47. The van der Waals surface area contributed by atoms with Gasteiger partial charge in [-0.3, -0.25) is 43.8 Å². The number of thiophene rings is 2. The van der Waals surface area contributed by atoms with Gasteiger partial charge < -0.3 is 22.9 Å². The summed E-state index contributed by atoms with van der Waals surface area (Å²) in [5, 5.41) is 24.3. The molecule has 93 heavy (non-hydrogen) atoms. The fraction of sp³-hybridized carbons (Fsp3) is 0.243. The molecule has 5 aliphatic rings. The second-order valence-electron chi connectivity index (χ2n) is 23.9. The second-order valence-corrected chi connectivity index (χ2v) is 25.5. The van der Waals surface area contributed by atoms with Crippen LogP contribution in [0.15, 0.2) is 176 Å². The maximum Gasteiger partial charge on any atom is 0.231 e. The third-order valence-electron chi connectivity index (χ3n) is 17.4. The van der Waals surface area contributed by atoms with Gasteiger partial charge in [0.25, 0.3) is 0 Å². The van der Waals surface area contributed by atoms with Gasteiger partial charge in [-0.2, -0.15) is 21.9 Å². The lowest BCUT2D eigenvalue weighted by Gasteiger charge is -2.34. The van der Waals surface area contributed by atoms with Gasteiger partial charge in [0.15, 0.2) is 23.8 Å². The van der Waals surface area contributed by atoms with E-state index in [-0.39, 0.29) is 59.9 Å². The topological polar surface area (TPSA) is 295 Å². The molecule has 1 aliphatic carbocycles. The Hall–Kier alpha value is -10.8. The molecule has 8 N–H and O–H groups in total. The molecule has 0 saturated carbocycles. The summed E-state index contributed by atoms with van der Waals surface area (Å²) in [5.41, 5.74) is 32.3. The normalized spacial score (nSPS) is 21.5. The van der Waals surface area contributed by atoms with Crippen LogP contribution in [-0.2, 0) is 47.8 Å². The van der Waals surface area contributed by atoms with E-state index >= 15 is 0 Å². The summed E-state index contributed by atoms with van der Waals surface area (Å²) in [7, 11) is 6.51. The number of aromatic nitrogens is 1. The molecule has 8 aromatic rings. The van der Waals surface area contributed by atoms with E-state index in [0.29, 0.717) is 35.5 Å². The van der Waals surface area contributed by atoms with Crippen LogP contribution in [0.5, 0.6) is 0 Å². The molecule has 472 valence electrons. The summed E-state index contributed by atoms with van der Waals surface area (Å²) in [6, 6.07) is 41.7. The fourth-order valence-corrected chi connectivity index (χ4v) is 13.3. The van der Waals surface area contributed by atoms with Crippen LogP contribution >= 0.6 is 22.7 Å². The number of nitrogens with two attached hydrogens (primary N) is 4. The van der Waals surface area contributed by atoms with E-state index in [0.717, 1.165) is 56.7 Å². The molecule has 1 spiro atoms. The Morgan fingerprint density at radius 1 is 0.516 bits per heavy atom. The maximum absolute atomic E-state index is 14.2. The summed E-state index contributed by atoms with van der Waals surface area (Å²) in [4.78, 5) is 77.5. The van der Waals surface area contributed by atoms with Gasteiger partial charge in [0.2, 0.25) is 23.6 Å². The number of hydrogen-bond donors (Lipinski definition) is 4. The Labute approximate surface area is 545 Å². The Morgan fingerprint density at radius 2 is 1.05 bits per heavy atom. The first kappa shape index (κ1) is 65.2. The Kier molecular flexibility index (Phi) is 18.4. The van der Waals surface area contributed by atoms with Crippen molar-refractivity contribution in [2.24, 2.45) is 42.9 Å². The molecule has 3 aromatic heterocycles. The zero-order chi connectivity index (χ0) is 66.7. The Bertz CT molecular complexity index is 4480. The molecule has 0 saturated heterocycles. The highest BCUT2D eigenvalue weighted by Crippen LogP contribution is 2.47. The van der Waals surface area contributed by atoms with Crippen LogP contribution in [0.4, 0.5) is 8.78 Å². The van der Waals surface area contributed by atoms with Gasteiger partial charge in [-0.15, -0.1) is 11.3 Å². The summed E-state index contributed by atoms with van der Waals surface area (Å²) in [6.07, 6.45) is 6.49. The van der Waals surface area contributed by atoms with Gasteiger partial charge >= 0.3 is 0 Å². The van der Waals surface area contributed by atoms with E-state index in [2.05, 4.69) is 66.4 Å². The smallest absolute Gasteiger partial charge is 0.231 e. The van der Waals surface area contributed by atoms with Gasteiger partial charge in [0.1, 0.15) is 23.2 Å². The molecule has 7 heterocycles. The highest BCUT2D eigenvalue weighted by Gasteiger charge is 2.45. The van der Waals surface area contributed by atoms with Crippen molar-refractivity contribution in [2.45, 2.75) is 81.5 Å². The van der Waals surface area contributed by atoms with Crippen LogP contribution in [-0.4, -0.2) is 100 Å². The van der Waals surface area contributed by atoms with Gasteiger partial charge in [-0.25, -0.2) is 28.8 Å². The van der Waals surface area contributed by atoms with Crippen molar-refractivity contribution in [3.63, 3.8) is 0 Å². The second kappa shape index (κ2) is 26.2. The molecular weight excluding hydrogens is 1220 g/mol. The van der Waals surface area contributed by atoms with Crippen LogP contribution in [0.1, 0.15) is 91.1 Å². The average Bonchev–Trinajstić information content (AvgIpc) is 1.68. The van der Waals surface area contributed by atoms with Crippen molar-refractivity contribution in [1.82, 2.24) is 24.6 Å². The van der Waals surface area contributed by atoms with Crippen LogP contribution in [0.25, 0.3) is 44.5 Å². The van der Waals surface area contributed by atoms with Crippen LogP contribution in [0.3, 0.4) is 0 Å². The number of pyridine rings is 1. The number of hydrogen-bond acceptors (Lipinski definition) is 17. The van der Waals surface area contributed by atoms with Gasteiger partial charge in [0.05, 0.1) is 59.5 Å². The fourth-order valence-electron chi connectivity index (χ4n) is 11.6. The van der Waals surface area contributed by atoms with Crippen LogP contribution in [0, 0.1) is 34.3 Å². The highest BCUT2D eigenvalue weighted by molar-refractivity contribution is 7.10. The molecule has 23 heteroatoms. The zero-order valence-electron chi connectivity index (χ0n) is 52.2. The molecule has 19 nitrogen and oxygen atoms in total. The van der Waals surface area contributed by atoms with E-state index in [1.807, 2.05) is 81.6 Å². The highest BCUT2D eigenvalue weighted by atomic mass is 32.1. The van der Waals surface area contributed by atoms with E-state index < -0.39 is 33.8 Å². The number of halogens is 2. The minimum absolute atomic E-state index is 0.00508. The van der Waals surface area contributed by atoms with E-state index in [4.69, 9.17) is 38.5 Å². The lowest BCUT2D eigenvalue weighted by atomic mass is 9.86. The first-order chi connectivity index (χ1) is 44.3. The number of guanidine groups is 4. The van der Waals surface area contributed by atoms with Crippen molar-refractivity contribution in [3.8, 4) is 56.6 Å². The quantitative estimate of drug-likeness (QED) is 0.116. The summed E-state index contributed by atoms with van der Waals surface area (Å²) in [5.74, 6) is -0.235. The Balaban J connectivity index is 0.000000136. The van der Waals surface area contributed by atoms with Gasteiger partial charge in [0, 0.05) is 51.0 Å². The standard InChI is InChI=1S/2C19H17FN4O.C18H18N4O.C14H15N3OS2/c1-19(10-17(25)24(2)18(22)23-19)14-5-3-4-13(9-14)15-8-12(11-21)6-7-16(15)20;1-19(10-17(25)24(2)18(22)23-19)15-5-3-4-12(9-15)13-6-7-16(20)14(8-13)11-21;1-22-16(23)10-18(21-17(22)19)7-6-12-4-5-13(9-15(12)18)14-3-2-8-20-11-14;1-14(6-12(18)17(2)13(15)16-14)11-5-10(8-20-11)9-3-4-19-7-9/h2*3-9H,10H2,1-2H3,(H2,22,23);2-5,8-9,11H,6-7,10H2,1H3,(H2,19,21);3-5,7-8H,6H2,1-2H3,(H2,15,16)/t2*19-;18-;14-/m0000/s1. The lowest BCUT2D eigenvalue weighted by molar-refractivity contribution is -0.129. The monoisotopic (exact) mass is 1280 g/mol. The number of carbonyl (C=O) groups excluding carboxylic acids is 4. The molecule has 5 aromatic carbocycles. The summed E-state index contributed by atoms with van der Waals surface area (Å²) >= 11 is 3.31. The molecule has 4 aliphatic heterocycles. The molecule has 4 atom stereocenters. The molecule has 0 bridgehead atoms. The molecular formula is C70H67F2N15O4S2. The number of benzene rings is 5. The zero-order valence-corrected chi connectivity index (χ0v) is 53.8. The first-order valence-corrected chi connectivity index (χ1v) is 31.3. The number of nitrogens with zero attached hydrogens (tertiary/aromatic N) is 11. The molecule has 0 unspecified atom stereocenters. The number of nitriles is 2. The van der Waals surface area contributed by atoms with E-state index in [1.54, 1.807) is 81.3 Å². The number of rotatable bonds is 7. The number of amides is 4. The van der Waals surface area contributed by atoms with Crippen molar-refractivity contribution < 1.29 is 28.0 Å². The van der Waals surface area contributed by atoms with Gasteiger partial charge in [-0.1, -0.05) is 60.7 Å². The number of fused-ring (bicyclic) bond motifs is 2. The van der Waals surface area contributed by atoms with Crippen molar-refractivity contribution in [2.75, 3.05) is 28.2 Å². The minimum atomic E-state index is -0.812. The average molecular weight is 1280 g/mol. The largest absolute Gasteiger partial charge is 0.369 e. The number of carbonyl (C=O) groups is 4. The Morgan fingerprint density at radius 3 is 1.62 bits per heavy atom. The molecule has 4 amide bonds. The predicted octanol–water partition coefficient (Wildman–Crippen LogP) is 10.4. The van der Waals surface area contributed by atoms with E-state index in [9.17, 15) is 28.0 Å². The first-order valence-electron chi connectivity index (χ1n) is 29.5. The third kappa shape index (κ3) is 13.5. The van der Waals surface area contributed by atoms with E-state index in [1.165, 1.54) is 66.6 Å². The van der Waals surface area contributed by atoms with Gasteiger partial charge in [-0.05, 0) is 178 Å². The van der Waals surface area contributed by atoms with Crippen LogP contribution in [0.2, 0.25) is 0 Å². The maximum atomic E-state index is 14.2. The summed E-state index contributed by atoms with van der Waals surface area (Å²) < 4.78 is 27.8. The minimum Gasteiger partial charge on any atom is -0.369 e. The van der Waals surface area contributed by atoms with Crippen molar-refractivity contribution in [3.05, 3.63) is 206 Å². The van der Waals surface area contributed by atoms with Crippen molar-refractivity contribution in [1.29, 1.82) is 10.5 Å². The molecule has 13 rings (SSSR count). The summed E-state index contributed by atoms with van der Waals surface area (Å²) in [6.45, 7) is 5.65. The predicted molar refractivity (Wildman–Crippen MR) is 358 cm³/mol.